The minimum Gasteiger partial charge on any atom is -0.497 e. The number of ether oxygens (including phenoxy) is 3. The van der Waals surface area contributed by atoms with Crippen molar-refractivity contribution in [2.75, 3.05) is 25.1 Å². The van der Waals surface area contributed by atoms with Crippen molar-refractivity contribution in [3.8, 4) is 22.9 Å². The number of nitrogens with zero attached hydrogens (tertiary/aromatic N) is 3. The van der Waals surface area contributed by atoms with Crippen LogP contribution in [-0.2, 0) is 23.7 Å². The van der Waals surface area contributed by atoms with Gasteiger partial charge in [0.15, 0.2) is 10.9 Å². The molecule has 1 aliphatic heterocycles. The van der Waals surface area contributed by atoms with Gasteiger partial charge in [-0.3, -0.25) is 18.9 Å². The van der Waals surface area contributed by atoms with Crippen molar-refractivity contribution < 1.29 is 38.1 Å². The second-order valence-corrected chi connectivity index (χ2v) is 21.9. The third-order valence-corrected chi connectivity index (χ3v) is 16.3. The zero-order chi connectivity index (χ0) is 41.6. The van der Waals surface area contributed by atoms with Gasteiger partial charge in [0, 0.05) is 47.9 Å². The molecule has 0 radical (unpaired) electrons. The lowest BCUT2D eigenvalue weighted by molar-refractivity contribution is -0.156. The number of benzene rings is 1. The van der Waals surface area contributed by atoms with Crippen LogP contribution >= 0.6 is 18.7 Å². The zero-order valence-corrected chi connectivity index (χ0v) is 36.4. The number of amides is 1. The Hall–Kier alpha value is -3.80. The van der Waals surface area contributed by atoms with E-state index >= 15 is 0 Å². The van der Waals surface area contributed by atoms with Gasteiger partial charge in [-0.05, 0) is 88.2 Å². The maximum absolute atomic E-state index is 14.9. The number of nitrogens with one attached hydrogen (secondary N) is 1. The van der Waals surface area contributed by atoms with Crippen LogP contribution in [0.1, 0.15) is 98.8 Å². The molecule has 4 aliphatic rings. The molecule has 3 aromatic rings. The van der Waals surface area contributed by atoms with Crippen LogP contribution in [0.2, 0.25) is 0 Å². The van der Waals surface area contributed by atoms with Gasteiger partial charge in [-0.15, -0.1) is 17.9 Å². The number of hydrogen-bond donors (Lipinski definition) is 2. The first kappa shape index (κ1) is 42.3. The minimum atomic E-state index is -3.73. The number of ketones is 1. The average molecular weight is 835 g/mol. The summed E-state index contributed by atoms with van der Waals surface area (Å²) in [6.45, 7) is 13.9. The number of esters is 1. The van der Waals surface area contributed by atoms with Gasteiger partial charge in [-0.1, -0.05) is 26.8 Å². The summed E-state index contributed by atoms with van der Waals surface area (Å²) < 4.78 is 32.2. The zero-order valence-electron chi connectivity index (χ0n) is 34.7. The number of aromatic nitrogens is 2. The molecule has 3 heterocycles. The summed E-state index contributed by atoms with van der Waals surface area (Å²) in [7, 11) is -2.13. The van der Waals surface area contributed by atoms with Gasteiger partial charge in [0.05, 0.1) is 48.4 Å². The first-order valence-corrected chi connectivity index (χ1v) is 23.6. The highest BCUT2D eigenvalue weighted by molar-refractivity contribution is 7.60. The quantitative estimate of drug-likeness (QED) is 0.0762. The number of Topliss-reactive ketones (excluding diaryl/α,β-unsaturated/α-hetero) is 1. The van der Waals surface area contributed by atoms with Crippen LogP contribution in [-0.4, -0.2) is 86.7 Å². The molecule has 0 bridgehead atoms. The molecule has 0 spiro atoms. The molecule has 3 aliphatic carbocycles. The number of hydrogen-bond acceptors (Lipinski definition) is 11. The first-order chi connectivity index (χ1) is 27.5. The summed E-state index contributed by atoms with van der Waals surface area (Å²) in [4.78, 5) is 65.8. The maximum atomic E-state index is 14.9. The predicted molar refractivity (Wildman–Crippen MR) is 227 cm³/mol. The molecule has 4 fully saturated rings. The molecule has 14 heteroatoms. The Bertz CT molecular complexity index is 2090. The first-order valence-electron chi connectivity index (χ1n) is 20.8. The number of fused-ring (bicyclic) bond motifs is 1. The average Bonchev–Trinajstić information content (AvgIpc) is 3.88. The Morgan fingerprint density at radius 3 is 2.48 bits per heavy atom. The number of likely N-dealkylation sites (tertiary alicyclic amines) is 1. The third kappa shape index (κ3) is 9.16. The summed E-state index contributed by atoms with van der Waals surface area (Å²) >= 11 is 1.48. The lowest BCUT2D eigenvalue weighted by atomic mass is 9.77. The number of thiazole rings is 1. The number of methoxy groups -OCH3 is 1. The molecule has 7 rings (SSSR count). The van der Waals surface area contributed by atoms with E-state index in [9.17, 15) is 23.8 Å². The molecule has 1 aromatic carbocycles. The maximum Gasteiger partial charge on any atom is 0.306 e. The standard InChI is InChI=1S/C44H59N4O8PS/c1-8-28-21-44(28,57(52,53)24-27-13-14-27)22-38(49)37-18-31(23-48(37)41(51)33(43(4,5)6)19-40(50)56-29-11-9-10-12-29)55-39-20-35(36-25-58-42(47-36)45-26(2)3)46-34-17-30(54-7)15-16-32(34)39/h8,15-17,20,25-29,31,33,37H,1,9-14,18-19,21-24H2,2-7H3,(H,45,47)(H,52,53)/t28-,31-,33-,37+,44-/m1/s1. The second-order valence-electron chi connectivity index (χ2n) is 18.3. The van der Waals surface area contributed by atoms with Gasteiger partial charge in [-0.2, -0.15) is 0 Å². The molecule has 2 aromatic heterocycles. The van der Waals surface area contributed by atoms with Crippen molar-refractivity contribution in [1.82, 2.24) is 14.9 Å². The van der Waals surface area contributed by atoms with Gasteiger partial charge >= 0.3 is 5.97 Å². The van der Waals surface area contributed by atoms with Gasteiger partial charge < -0.3 is 29.3 Å². The van der Waals surface area contributed by atoms with Crippen molar-refractivity contribution in [3.05, 3.63) is 42.3 Å². The van der Waals surface area contributed by atoms with E-state index in [1.54, 1.807) is 18.1 Å². The molecule has 1 saturated heterocycles. The number of carbonyl (C=O) groups excluding carboxylic acids is 3. The van der Waals surface area contributed by atoms with E-state index in [4.69, 9.17) is 24.2 Å². The monoisotopic (exact) mass is 834 g/mol. The van der Waals surface area contributed by atoms with E-state index in [-0.39, 0.29) is 67.6 Å². The molecule has 1 amide bonds. The third-order valence-electron chi connectivity index (χ3n) is 12.5. The molecule has 6 atom stereocenters. The van der Waals surface area contributed by atoms with Crippen molar-refractivity contribution in [2.24, 2.45) is 23.2 Å². The lowest BCUT2D eigenvalue weighted by Crippen LogP contribution is -2.48. The Kier molecular flexibility index (Phi) is 12.2. The number of rotatable bonds is 17. The molecule has 58 heavy (non-hydrogen) atoms. The van der Waals surface area contributed by atoms with E-state index in [1.807, 2.05) is 64.3 Å². The van der Waals surface area contributed by atoms with Crippen molar-refractivity contribution in [2.45, 2.75) is 128 Å². The summed E-state index contributed by atoms with van der Waals surface area (Å²) in [5.41, 5.74) is 1.26. The van der Waals surface area contributed by atoms with Crippen LogP contribution in [0.4, 0.5) is 5.13 Å². The van der Waals surface area contributed by atoms with E-state index in [0.717, 1.165) is 49.0 Å². The van der Waals surface area contributed by atoms with Crippen molar-refractivity contribution >= 4 is 52.4 Å². The smallest absolute Gasteiger partial charge is 0.306 e. The fourth-order valence-electron chi connectivity index (χ4n) is 8.82. The Labute approximate surface area is 346 Å². The van der Waals surface area contributed by atoms with Gasteiger partial charge in [0.25, 0.3) is 0 Å². The van der Waals surface area contributed by atoms with Crippen LogP contribution in [0.3, 0.4) is 0 Å². The Morgan fingerprint density at radius 2 is 1.84 bits per heavy atom. The normalized spacial score (nSPS) is 25.0. The van der Waals surface area contributed by atoms with Crippen LogP contribution in [0.25, 0.3) is 22.3 Å². The minimum absolute atomic E-state index is 0.0880. The van der Waals surface area contributed by atoms with Crippen LogP contribution in [0.15, 0.2) is 42.3 Å². The van der Waals surface area contributed by atoms with Crippen molar-refractivity contribution in [3.63, 3.8) is 0 Å². The fraction of sp³-hybridized carbons (Fsp3) is 0.614. The van der Waals surface area contributed by atoms with Crippen LogP contribution < -0.4 is 14.8 Å². The number of pyridine rings is 1. The summed E-state index contributed by atoms with van der Waals surface area (Å²) in [5, 5.41) is 5.69. The van der Waals surface area contributed by atoms with E-state index in [2.05, 4.69) is 11.9 Å². The van der Waals surface area contributed by atoms with E-state index < -0.39 is 42.0 Å². The van der Waals surface area contributed by atoms with E-state index in [0.29, 0.717) is 34.8 Å². The molecular formula is C44H59N4O8PS. The van der Waals surface area contributed by atoms with Crippen LogP contribution in [0, 0.1) is 23.2 Å². The highest BCUT2D eigenvalue weighted by atomic mass is 32.1. The SMILES string of the molecule is C=C[C@@H]1C[C@]1(CC(=O)[C@@H]1C[C@@H](Oc2cc(-c3csc(NC(C)C)n3)nc3cc(OC)ccc23)CN1C(=O)[C@@H](CC(=O)OC1CCCC1)C(C)(C)C)P(=O)(O)CC1CC1. The number of anilines is 1. The Morgan fingerprint density at radius 1 is 1.10 bits per heavy atom. The molecular weight excluding hydrogens is 776 g/mol. The molecule has 314 valence electrons. The largest absolute Gasteiger partial charge is 0.497 e. The van der Waals surface area contributed by atoms with Gasteiger partial charge in [0.1, 0.15) is 29.4 Å². The molecule has 12 nitrogen and oxygen atoms in total. The van der Waals surface area contributed by atoms with Gasteiger partial charge in [0.2, 0.25) is 13.3 Å². The van der Waals surface area contributed by atoms with Crippen molar-refractivity contribution in [1.29, 1.82) is 0 Å². The van der Waals surface area contributed by atoms with Gasteiger partial charge in [-0.25, -0.2) is 9.97 Å². The second kappa shape index (κ2) is 16.7. The fourth-order valence-corrected chi connectivity index (χ4v) is 12.6. The van der Waals surface area contributed by atoms with E-state index in [1.165, 1.54) is 11.3 Å². The summed E-state index contributed by atoms with van der Waals surface area (Å²) in [6, 6.07) is 6.67. The Balaban J connectivity index is 1.21. The lowest BCUT2D eigenvalue weighted by Gasteiger charge is -2.35. The molecule has 1 unspecified atom stereocenters. The summed E-state index contributed by atoms with van der Waals surface area (Å²) in [6.07, 6.45) is 7.01. The highest BCUT2D eigenvalue weighted by Gasteiger charge is 2.65. The predicted octanol–water partition coefficient (Wildman–Crippen LogP) is 8.66. The summed E-state index contributed by atoms with van der Waals surface area (Å²) in [5.74, 6) is -0.692. The molecule has 3 saturated carbocycles. The topological polar surface area (TPSA) is 157 Å². The molecule has 2 N–H and O–H groups in total. The number of allylic oxidation sites excluding steroid dienone is 1. The highest BCUT2D eigenvalue weighted by Crippen LogP contribution is 2.74. The number of carbonyl (C=O) groups is 3. The van der Waals surface area contributed by atoms with Crippen LogP contribution in [0.5, 0.6) is 11.5 Å².